The Bertz CT molecular complexity index is 587. The van der Waals surface area contributed by atoms with Crippen molar-refractivity contribution in [3.8, 4) is 22.4 Å². The first-order chi connectivity index (χ1) is 8.84. The lowest BCUT2D eigenvalue weighted by atomic mass is 10.0. The smallest absolute Gasteiger partial charge is 0.102 e. The van der Waals surface area contributed by atoms with Gasteiger partial charge in [0.15, 0.2) is 0 Å². The molecule has 3 aromatic rings. The SMILES string of the molecule is Cn1cc(-c2ccncc2)c(-c2cccnc2)n1. The number of hydrogen-bond donors (Lipinski definition) is 0. The molecule has 0 aliphatic heterocycles. The number of hydrogen-bond acceptors (Lipinski definition) is 3. The van der Waals surface area contributed by atoms with E-state index in [-0.39, 0.29) is 0 Å². The third-order valence-corrected chi connectivity index (χ3v) is 2.76. The summed E-state index contributed by atoms with van der Waals surface area (Å²) in [7, 11) is 1.92. The maximum Gasteiger partial charge on any atom is 0.102 e. The lowest BCUT2D eigenvalue weighted by Crippen LogP contribution is -1.88. The van der Waals surface area contributed by atoms with Gasteiger partial charge in [0.05, 0.1) is 0 Å². The molecule has 0 saturated heterocycles. The third-order valence-electron chi connectivity index (χ3n) is 2.76. The van der Waals surface area contributed by atoms with E-state index in [1.54, 1.807) is 18.6 Å². The van der Waals surface area contributed by atoms with Crippen LogP contribution in [0.2, 0.25) is 0 Å². The van der Waals surface area contributed by atoms with Gasteiger partial charge in [0.25, 0.3) is 0 Å². The van der Waals surface area contributed by atoms with Crippen molar-refractivity contribution in [1.29, 1.82) is 0 Å². The molecule has 0 bridgehead atoms. The molecular weight excluding hydrogens is 224 g/mol. The maximum atomic E-state index is 4.51. The van der Waals surface area contributed by atoms with Gasteiger partial charge in [0.2, 0.25) is 0 Å². The zero-order chi connectivity index (χ0) is 12.4. The molecule has 0 fully saturated rings. The highest BCUT2D eigenvalue weighted by atomic mass is 15.3. The molecule has 88 valence electrons. The van der Waals surface area contributed by atoms with Gasteiger partial charge in [-0.15, -0.1) is 0 Å². The van der Waals surface area contributed by atoms with Crippen LogP contribution in [-0.4, -0.2) is 19.7 Å². The van der Waals surface area contributed by atoms with Crippen LogP contribution in [0.1, 0.15) is 0 Å². The molecule has 0 saturated carbocycles. The van der Waals surface area contributed by atoms with E-state index in [1.807, 2.05) is 48.4 Å². The Balaban J connectivity index is 2.17. The number of pyridine rings is 2. The van der Waals surface area contributed by atoms with E-state index in [2.05, 4.69) is 15.1 Å². The first-order valence-corrected chi connectivity index (χ1v) is 5.69. The highest BCUT2D eigenvalue weighted by Gasteiger charge is 2.11. The summed E-state index contributed by atoms with van der Waals surface area (Å²) in [5.74, 6) is 0. The van der Waals surface area contributed by atoms with Gasteiger partial charge in [-0.05, 0) is 29.8 Å². The molecule has 0 spiro atoms. The molecular formula is C14H12N4. The Kier molecular flexibility index (Phi) is 2.61. The van der Waals surface area contributed by atoms with Gasteiger partial charge in [0, 0.05) is 49.2 Å². The second-order valence-electron chi connectivity index (χ2n) is 4.04. The van der Waals surface area contributed by atoms with E-state index in [4.69, 9.17) is 0 Å². The highest BCUT2D eigenvalue weighted by molar-refractivity contribution is 5.79. The fourth-order valence-electron chi connectivity index (χ4n) is 1.95. The molecule has 0 atom stereocenters. The zero-order valence-corrected chi connectivity index (χ0v) is 9.99. The second-order valence-corrected chi connectivity index (χ2v) is 4.04. The summed E-state index contributed by atoms with van der Waals surface area (Å²) in [5.41, 5.74) is 4.16. The molecule has 4 heteroatoms. The van der Waals surface area contributed by atoms with Crippen LogP contribution in [-0.2, 0) is 7.05 Å². The quantitative estimate of drug-likeness (QED) is 0.686. The van der Waals surface area contributed by atoms with Crippen molar-refractivity contribution < 1.29 is 0 Å². The molecule has 18 heavy (non-hydrogen) atoms. The predicted octanol–water partition coefficient (Wildman–Crippen LogP) is 2.54. The largest absolute Gasteiger partial charge is 0.275 e. The predicted molar refractivity (Wildman–Crippen MR) is 69.7 cm³/mol. The van der Waals surface area contributed by atoms with Crippen molar-refractivity contribution in [2.75, 3.05) is 0 Å². The van der Waals surface area contributed by atoms with E-state index >= 15 is 0 Å². The van der Waals surface area contributed by atoms with Gasteiger partial charge in [-0.3, -0.25) is 14.6 Å². The van der Waals surface area contributed by atoms with E-state index in [0.29, 0.717) is 0 Å². The van der Waals surface area contributed by atoms with Gasteiger partial charge < -0.3 is 0 Å². The van der Waals surface area contributed by atoms with Gasteiger partial charge in [-0.25, -0.2) is 0 Å². The van der Waals surface area contributed by atoms with E-state index in [1.165, 1.54) is 0 Å². The highest BCUT2D eigenvalue weighted by Crippen LogP contribution is 2.29. The van der Waals surface area contributed by atoms with Crippen molar-refractivity contribution in [1.82, 2.24) is 19.7 Å². The maximum absolute atomic E-state index is 4.51. The molecule has 3 aromatic heterocycles. The summed E-state index contributed by atoms with van der Waals surface area (Å²) >= 11 is 0. The molecule has 0 unspecified atom stereocenters. The van der Waals surface area contributed by atoms with Crippen LogP contribution >= 0.6 is 0 Å². The van der Waals surface area contributed by atoms with Crippen LogP contribution in [0.15, 0.2) is 55.2 Å². The number of aryl methyl sites for hydroxylation is 1. The van der Waals surface area contributed by atoms with Crippen LogP contribution in [0.4, 0.5) is 0 Å². The fraction of sp³-hybridized carbons (Fsp3) is 0.0714. The number of aromatic nitrogens is 4. The molecule has 3 heterocycles. The lowest BCUT2D eigenvalue weighted by molar-refractivity contribution is 0.771. The van der Waals surface area contributed by atoms with Crippen LogP contribution in [0.25, 0.3) is 22.4 Å². The van der Waals surface area contributed by atoms with E-state index in [9.17, 15) is 0 Å². The Morgan fingerprint density at radius 1 is 0.944 bits per heavy atom. The van der Waals surface area contributed by atoms with Crippen LogP contribution < -0.4 is 0 Å². The summed E-state index contributed by atoms with van der Waals surface area (Å²) in [6.07, 6.45) is 9.17. The average molecular weight is 236 g/mol. The minimum atomic E-state index is 0.941. The first-order valence-electron chi connectivity index (χ1n) is 5.69. The van der Waals surface area contributed by atoms with Gasteiger partial charge in [0.1, 0.15) is 5.69 Å². The van der Waals surface area contributed by atoms with Crippen LogP contribution in [0.3, 0.4) is 0 Å². The molecule has 0 N–H and O–H groups in total. The van der Waals surface area contributed by atoms with Crippen molar-refractivity contribution in [2.24, 2.45) is 7.05 Å². The van der Waals surface area contributed by atoms with Crippen molar-refractivity contribution in [3.63, 3.8) is 0 Å². The van der Waals surface area contributed by atoms with E-state index in [0.717, 1.165) is 22.4 Å². The van der Waals surface area contributed by atoms with Crippen LogP contribution in [0, 0.1) is 0 Å². The third kappa shape index (κ3) is 1.88. The topological polar surface area (TPSA) is 43.6 Å². The summed E-state index contributed by atoms with van der Waals surface area (Å²) in [4.78, 5) is 8.18. The minimum absolute atomic E-state index is 0.941. The van der Waals surface area contributed by atoms with Gasteiger partial charge >= 0.3 is 0 Å². The molecule has 0 aliphatic carbocycles. The van der Waals surface area contributed by atoms with Gasteiger partial charge in [-0.2, -0.15) is 5.10 Å². The second kappa shape index (κ2) is 4.41. The zero-order valence-electron chi connectivity index (χ0n) is 9.99. The normalized spacial score (nSPS) is 10.5. The monoisotopic (exact) mass is 236 g/mol. The Morgan fingerprint density at radius 2 is 1.78 bits per heavy atom. The summed E-state index contributed by atoms with van der Waals surface area (Å²) in [5, 5.41) is 4.51. The van der Waals surface area contributed by atoms with Crippen molar-refractivity contribution in [2.45, 2.75) is 0 Å². The lowest BCUT2D eigenvalue weighted by Gasteiger charge is -2.01. The molecule has 3 rings (SSSR count). The van der Waals surface area contributed by atoms with E-state index < -0.39 is 0 Å². The Morgan fingerprint density at radius 3 is 2.50 bits per heavy atom. The Labute approximate surface area is 105 Å². The molecule has 0 aliphatic rings. The molecule has 0 amide bonds. The number of rotatable bonds is 2. The van der Waals surface area contributed by atoms with Crippen LogP contribution in [0.5, 0.6) is 0 Å². The molecule has 4 nitrogen and oxygen atoms in total. The van der Waals surface area contributed by atoms with Crippen molar-refractivity contribution >= 4 is 0 Å². The first kappa shape index (κ1) is 10.7. The minimum Gasteiger partial charge on any atom is -0.275 e. The molecule has 0 radical (unpaired) electrons. The standard InChI is InChI=1S/C14H12N4/c1-18-10-13(11-4-7-15-8-5-11)14(17-18)12-3-2-6-16-9-12/h2-10H,1H3. The van der Waals surface area contributed by atoms with Gasteiger partial charge in [-0.1, -0.05) is 0 Å². The van der Waals surface area contributed by atoms with Crippen molar-refractivity contribution in [3.05, 3.63) is 55.2 Å². The Hall–Kier alpha value is -2.49. The fourth-order valence-corrected chi connectivity index (χ4v) is 1.95. The average Bonchev–Trinajstić information content (AvgIpc) is 2.83. The summed E-state index contributed by atoms with van der Waals surface area (Å²) < 4.78 is 1.82. The summed E-state index contributed by atoms with van der Waals surface area (Å²) in [6.45, 7) is 0. The molecule has 0 aromatic carbocycles. The summed E-state index contributed by atoms with van der Waals surface area (Å²) in [6, 6.07) is 7.90. The number of nitrogens with zero attached hydrogens (tertiary/aromatic N) is 4.